The first-order valence-electron chi connectivity index (χ1n) is 8.45. The number of nitrogens with zero attached hydrogens (tertiary/aromatic N) is 3. The molecule has 0 radical (unpaired) electrons. The SMILES string of the molecule is CC(C)(C)OC(=O)N1CCC(Oc2ncc(C3COC3)cn2)CC1. The molecule has 2 saturated heterocycles. The number of rotatable bonds is 3. The van der Waals surface area contributed by atoms with Gasteiger partial charge in [-0.05, 0) is 26.3 Å². The van der Waals surface area contributed by atoms with Crippen LogP contribution in [0.4, 0.5) is 4.79 Å². The molecule has 2 fully saturated rings. The average molecular weight is 335 g/mol. The molecule has 3 heterocycles. The summed E-state index contributed by atoms with van der Waals surface area (Å²) in [6.07, 6.45) is 4.89. The van der Waals surface area contributed by atoms with E-state index < -0.39 is 5.60 Å². The smallest absolute Gasteiger partial charge is 0.410 e. The average Bonchev–Trinajstić information content (AvgIpc) is 2.46. The third-order valence-electron chi connectivity index (χ3n) is 4.12. The van der Waals surface area contributed by atoms with Crippen molar-refractivity contribution in [2.75, 3.05) is 26.3 Å². The molecule has 1 amide bonds. The Balaban J connectivity index is 1.46. The van der Waals surface area contributed by atoms with Crippen LogP contribution in [0.1, 0.15) is 45.1 Å². The molecule has 24 heavy (non-hydrogen) atoms. The summed E-state index contributed by atoms with van der Waals surface area (Å²) in [5.74, 6) is 0.413. The predicted octanol–water partition coefficient (Wildman–Crippen LogP) is 2.37. The summed E-state index contributed by atoms with van der Waals surface area (Å²) in [5, 5.41) is 0. The highest BCUT2D eigenvalue weighted by atomic mass is 16.6. The van der Waals surface area contributed by atoms with E-state index in [2.05, 4.69) is 9.97 Å². The van der Waals surface area contributed by atoms with Gasteiger partial charge >= 0.3 is 12.1 Å². The van der Waals surface area contributed by atoms with Crippen molar-refractivity contribution in [3.8, 4) is 6.01 Å². The molecule has 1 aromatic rings. The van der Waals surface area contributed by atoms with Gasteiger partial charge in [-0.1, -0.05) is 0 Å². The van der Waals surface area contributed by atoms with E-state index in [-0.39, 0.29) is 12.2 Å². The zero-order valence-corrected chi connectivity index (χ0v) is 14.5. The molecule has 0 unspecified atom stereocenters. The van der Waals surface area contributed by atoms with Gasteiger partial charge in [0.2, 0.25) is 0 Å². The van der Waals surface area contributed by atoms with E-state index in [0.717, 1.165) is 31.6 Å². The quantitative estimate of drug-likeness (QED) is 0.844. The Labute approximate surface area is 142 Å². The zero-order chi connectivity index (χ0) is 17.2. The van der Waals surface area contributed by atoms with Crippen molar-refractivity contribution in [2.24, 2.45) is 0 Å². The van der Waals surface area contributed by atoms with Crippen LogP contribution in [0.25, 0.3) is 0 Å². The van der Waals surface area contributed by atoms with E-state index in [1.54, 1.807) is 4.90 Å². The molecule has 3 rings (SSSR count). The Morgan fingerprint density at radius 3 is 2.33 bits per heavy atom. The molecular formula is C17H25N3O4. The van der Waals surface area contributed by atoms with Crippen LogP contribution in [0, 0.1) is 0 Å². The minimum atomic E-state index is -0.467. The number of likely N-dealkylation sites (tertiary alicyclic amines) is 1. The van der Waals surface area contributed by atoms with Crippen LogP contribution < -0.4 is 4.74 Å². The maximum absolute atomic E-state index is 12.0. The Hall–Kier alpha value is -1.89. The van der Waals surface area contributed by atoms with Crippen LogP contribution in [-0.2, 0) is 9.47 Å². The van der Waals surface area contributed by atoms with Crippen molar-refractivity contribution in [3.63, 3.8) is 0 Å². The Bertz CT molecular complexity index is 558. The van der Waals surface area contributed by atoms with Gasteiger partial charge in [-0.15, -0.1) is 0 Å². The molecular weight excluding hydrogens is 310 g/mol. The number of aromatic nitrogens is 2. The number of amides is 1. The molecule has 1 aromatic heterocycles. The number of ether oxygens (including phenoxy) is 3. The van der Waals surface area contributed by atoms with Gasteiger partial charge in [-0.3, -0.25) is 0 Å². The lowest BCUT2D eigenvalue weighted by atomic mass is 10.0. The first kappa shape index (κ1) is 17.0. The van der Waals surface area contributed by atoms with Gasteiger partial charge in [0.1, 0.15) is 11.7 Å². The highest BCUT2D eigenvalue weighted by Gasteiger charge is 2.28. The summed E-state index contributed by atoms with van der Waals surface area (Å²) in [4.78, 5) is 22.3. The topological polar surface area (TPSA) is 73.8 Å². The van der Waals surface area contributed by atoms with Gasteiger partial charge in [0.15, 0.2) is 0 Å². The monoisotopic (exact) mass is 335 g/mol. The summed E-state index contributed by atoms with van der Waals surface area (Å²) in [7, 11) is 0. The van der Waals surface area contributed by atoms with Gasteiger partial charge in [0.25, 0.3) is 0 Å². The maximum atomic E-state index is 12.0. The summed E-state index contributed by atoms with van der Waals surface area (Å²) >= 11 is 0. The highest BCUT2D eigenvalue weighted by Crippen LogP contribution is 2.24. The normalized spacial score (nSPS) is 19.7. The molecule has 0 aromatic carbocycles. The lowest BCUT2D eigenvalue weighted by Crippen LogP contribution is -2.44. The minimum Gasteiger partial charge on any atom is -0.460 e. The molecule has 2 aliphatic rings. The molecule has 2 aliphatic heterocycles. The van der Waals surface area contributed by atoms with Crippen molar-refractivity contribution in [3.05, 3.63) is 18.0 Å². The molecule has 0 atom stereocenters. The molecule has 0 saturated carbocycles. The fraction of sp³-hybridized carbons (Fsp3) is 0.706. The van der Waals surface area contributed by atoms with E-state index in [9.17, 15) is 4.79 Å². The fourth-order valence-corrected chi connectivity index (χ4v) is 2.66. The Morgan fingerprint density at radius 1 is 1.21 bits per heavy atom. The van der Waals surface area contributed by atoms with Crippen LogP contribution in [-0.4, -0.2) is 59.0 Å². The summed E-state index contributed by atoms with van der Waals surface area (Å²) in [5.41, 5.74) is 0.624. The first-order valence-corrected chi connectivity index (χ1v) is 8.45. The van der Waals surface area contributed by atoms with E-state index in [0.29, 0.717) is 25.0 Å². The fourth-order valence-electron chi connectivity index (χ4n) is 2.66. The molecule has 0 spiro atoms. The Kier molecular flexibility index (Phi) is 4.89. The van der Waals surface area contributed by atoms with E-state index in [1.165, 1.54) is 0 Å². The van der Waals surface area contributed by atoms with Gasteiger partial charge in [-0.25, -0.2) is 14.8 Å². The van der Waals surface area contributed by atoms with Gasteiger partial charge in [-0.2, -0.15) is 0 Å². The van der Waals surface area contributed by atoms with E-state index in [4.69, 9.17) is 14.2 Å². The highest BCUT2D eigenvalue weighted by molar-refractivity contribution is 5.68. The Morgan fingerprint density at radius 2 is 1.83 bits per heavy atom. The van der Waals surface area contributed by atoms with Crippen molar-refractivity contribution in [1.29, 1.82) is 0 Å². The van der Waals surface area contributed by atoms with Crippen LogP contribution >= 0.6 is 0 Å². The van der Waals surface area contributed by atoms with Crippen LogP contribution in [0.5, 0.6) is 6.01 Å². The first-order chi connectivity index (χ1) is 11.4. The van der Waals surface area contributed by atoms with Gasteiger partial charge < -0.3 is 19.1 Å². The second-order valence-electron chi connectivity index (χ2n) is 7.32. The van der Waals surface area contributed by atoms with Crippen molar-refractivity contribution in [1.82, 2.24) is 14.9 Å². The number of hydrogen-bond acceptors (Lipinski definition) is 6. The van der Waals surface area contributed by atoms with Crippen molar-refractivity contribution in [2.45, 2.75) is 51.2 Å². The van der Waals surface area contributed by atoms with Gasteiger partial charge in [0.05, 0.1) is 13.2 Å². The minimum absolute atomic E-state index is 0.0292. The maximum Gasteiger partial charge on any atom is 0.410 e. The number of carbonyl (C=O) groups is 1. The lowest BCUT2D eigenvalue weighted by molar-refractivity contribution is 0.00760. The molecule has 7 nitrogen and oxygen atoms in total. The number of piperidine rings is 1. The summed E-state index contributed by atoms with van der Waals surface area (Å²) < 4.78 is 16.4. The number of carbonyl (C=O) groups excluding carboxylic acids is 1. The van der Waals surface area contributed by atoms with Crippen LogP contribution in [0.15, 0.2) is 12.4 Å². The molecule has 0 N–H and O–H groups in total. The van der Waals surface area contributed by atoms with Crippen molar-refractivity contribution >= 4 is 6.09 Å². The third-order valence-corrected chi connectivity index (χ3v) is 4.12. The molecule has 132 valence electrons. The third kappa shape index (κ3) is 4.35. The summed E-state index contributed by atoms with van der Waals surface area (Å²) in [6.45, 7) is 8.35. The number of hydrogen-bond donors (Lipinski definition) is 0. The second kappa shape index (κ2) is 6.93. The van der Waals surface area contributed by atoms with Crippen LogP contribution in [0.3, 0.4) is 0 Å². The molecule has 0 bridgehead atoms. The largest absolute Gasteiger partial charge is 0.460 e. The summed E-state index contributed by atoms with van der Waals surface area (Å²) in [6, 6.07) is 0.398. The van der Waals surface area contributed by atoms with Gasteiger partial charge in [0, 0.05) is 44.2 Å². The van der Waals surface area contributed by atoms with E-state index in [1.807, 2.05) is 33.2 Å². The predicted molar refractivity (Wildman–Crippen MR) is 87.0 cm³/mol. The van der Waals surface area contributed by atoms with Crippen LogP contribution in [0.2, 0.25) is 0 Å². The second-order valence-corrected chi connectivity index (χ2v) is 7.32. The molecule has 0 aliphatic carbocycles. The van der Waals surface area contributed by atoms with Crippen molar-refractivity contribution < 1.29 is 19.0 Å². The molecule has 7 heteroatoms. The van der Waals surface area contributed by atoms with E-state index >= 15 is 0 Å². The lowest BCUT2D eigenvalue weighted by Gasteiger charge is -2.33. The zero-order valence-electron chi connectivity index (χ0n) is 14.5. The standard InChI is InChI=1S/C17H25N3O4/c1-17(2,3)24-16(21)20-6-4-14(5-7-20)23-15-18-8-12(9-19-15)13-10-22-11-13/h8-9,13-14H,4-7,10-11H2,1-3H3.